The van der Waals surface area contributed by atoms with E-state index in [9.17, 15) is 13.2 Å². The molecule has 1 N–H and O–H groups in total. The van der Waals surface area contributed by atoms with E-state index in [1.165, 1.54) is 36.0 Å². The van der Waals surface area contributed by atoms with Gasteiger partial charge < -0.3 is 9.88 Å². The summed E-state index contributed by atoms with van der Waals surface area (Å²) in [5, 5.41) is 3.88. The van der Waals surface area contributed by atoms with E-state index in [4.69, 9.17) is 11.6 Å². The monoisotopic (exact) mass is 421 g/mol. The summed E-state index contributed by atoms with van der Waals surface area (Å²) in [6.07, 6.45) is 3.58. The number of nitrogens with zero attached hydrogens (tertiary/aromatic N) is 2. The lowest BCUT2D eigenvalue weighted by atomic mass is 10.3. The van der Waals surface area contributed by atoms with Crippen LogP contribution in [0.1, 0.15) is 0 Å². The molecule has 3 rings (SSSR count). The molecule has 0 saturated heterocycles. The van der Waals surface area contributed by atoms with E-state index in [1.807, 2.05) is 29.9 Å². The van der Waals surface area contributed by atoms with Crippen LogP contribution in [0.4, 0.5) is 5.69 Å². The molecule has 9 heteroatoms. The van der Waals surface area contributed by atoms with Crippen LogP contribution < -0.4 is 5.32 Å². The van der Waals surface area contributed by atoms with Gasteiger partial charge in [0.25, 0.3) is 0 Å². The van der Waals surface area contributed by atoms with Crippen LogP contribution in [-0.2, 0) is 21.7 Å². The second-order valence-corrected chi connectivity index (χ2v) is 9.18. The highest BCUT2D eigenvalue weighted by Crippen LogP contribution is 2.26. The van der Waals surface area contributed by atoms with E-state index >= 15 is 0 Å². The molecule has 0 atom stereocenters. The molecule has 1 heterocycles. The predicted molar refractivity (Wildman–Crippen MR) is 106 cm³/mol. The molecule has 1 aromatic heterocycles. The third-order valence-corrected chi connectivity index (χ3v) is 6.59. The highest BCUT2D eigenvalue weighted by Gasteiger charge is 2.19. The second-order valence-electron chi connectivity index (χ2n) is 5.71. The van der Waals surface area contributed by atoms with Crippen LogP contribution in [0.15, 0.2) is 75.9 Å². The summed E-state index contributed by atoms with van der Waals surface area (Å²) in [7, 11) is -1.82. The van der Waals surface area contributed by atoms with Crippen molar-refractivity contribution in [2.45, 2.75) is 14.9 Å². The zero-order valence-corrected chi connectivity index (χ0v) is 16.7. The Kier molecular flexibility index (Phi) is 5.88. The van der Waals surface area contributed by atoms with Gasteiger partial charge in [-0.3, -0.25) is 4.79 Å². The summed E-state index contributed by atoms with van der Waals surface area (Å²) in [5.74, 6) is -1.24. The molecule has 0 aliphatic carbocycles. The van der Waals surface area contributed by atoms with Gasteiger partial charge in [-0.1, -0.05) is 23.4 Å². The van der Waals surface area contributed by atoms with Crippen LogP contribution in [0, 0.1) is 0 Å². The maximum atomic E-state index is 12.3. The Balaban J connectivity index is 1.62. The number of imidazole rings is 1. The largest absolute Gasteiger partial charge is 0.329 e. The number of aromatic nitrogens is 2. The van der Waals surface area contributed by atoms with Gasteiger partial charge in [0.15, 0.2) is 15.0 Å². The van der Waals surface area contributed by atoms with Gasteiger partial charge in [-0.25, -0.2) is 13.4 Å². The van der Waals surface area contributed by atoms with Crippen molar-refractivity contribution in [3.05, 3.63) is 65.9 Å². The van der Waals surface area contributed by atoms with Crippen LogP contribution in [0.3, 0.4) is 0 Å². The molecule has 27 heavy (non-hydrogen) atoms. The Morgan fingerprint density at radius 1 is 1.15 bits per heavy atom. The predicted octanol–water partition coefficient (Wildman–Crippen LogP) is 3.64. The van der Waals surface area contributed by atoms with E-state index in [0.717, 1.165) is 10.1 Å². The number of rotatable bonds is 6. The van der Waals surface area contributed by atoms with Crippen LogP contribution in [0.5, 0.6) is 0 Å². The first kappa shape index (κ1) is 19.5. The zero-order chi connectivity index (χ0) is 19.4. The summed E-state index contributed by atoms with van der Waals surface area (Å²) in [5.41, 5.74) is 0.524. The first-order valence-electron chi connectivity index (χ1n) is 7.87. The number of nitrogens with one attached hydrogen (secondary N) is 1. The number of hydrogen-bond donors (Lipinski definition) is 1. The van der Waals surface area contributed by atoms with Gasteiger partial charge in [0.1, 0.15) is 5.75 Å². The molecule has 0 aliphatic rings. The fourth-order valence-electron chi connectivity index (χ4n) is 2.26. The summed E-state index contributed by atoms with van der Waals surface area (Å²) in [6, 6.07) is 12.8. The maximum absolute atomic E-state index is 12.3. The van der Waals surface area contributed by atoms with Crippen molar-refractivity contribution in [3.63, 3.8) is 0 Å². The van der Waals surface area contributed by atoms with Crippen molar-refractivity contribution in [1.82, 2.24) is 9.55 Å². The SMILES string of the molecule is Cn1ccnc1Sc1ccc(NC(=O)CS(=O)(=O)c2ccc(Cl)cc2)cc1. The van der Waals surface area contributed by atoms with Gasteiger partial charge in [-0.05, 0) is 48.5 Å². The van der Waals surface area contributed by atoms with Crippen molar-refractivity contribution in [1.29, 1.82) is 0 Å². The fourth-order valence-corrected chi connectivity index (χ4v) is 4.32. The maximum Gasteiger partial charge on any atom is 0.239 e. The lowest BCUT2D eigenvalue weighted by molar-refractivity contribution is -0.113. The smallest absolute Gasteiger partial charge is 0.239 e. The van der Waals surface area contributed by atoms with Gasteiger partial charge in [-0.2, -0.15) is 0 Å². The summed E-state index contributed by atoms with van der Waals surface area (Å²) in [6.45, 7) is 0. The van der Waals surface area contributed by atoms with Gasteiger partial charge in [0.2, 0.25) is 5.91 Å². The van der Waals surface area contributed by atoms with E-state index in [1.54, 1.807) is 18.3 Å². The molecule has 0 radical (unpaired) electrons. The Labute approximate surface area is 166 Å². The third kappa shape index (κ3) is 5.12. The molecule has 140 valence electrons. The Bertz CT molecular complexity index is 1050. The molecule has 1 amide bonds. The van der Waals surface area contributed by atoms with Gasteiger partial charge in [0, 0.05) is 35.0 Å². The third-order valence-electron chi connectivity index (χ3n) is 3.62. The Morgan fingerprint density at radius 2 is 1.81 bits per heavy atom. The Hall–Kier alpha value is -2.29. The first-order valence-corrected chi connectivity index (χ1v) is 10.7. The topological polar surface area (TPSA) is 81.1 Å². The molecular formula is C18H16ClN3O3S2. The molecule has 0 saturated carbocycles. The van der Waals surface area contributed by atoms with E-state index in [-0.39, 0.29) is 4.90 Å². The lowest BCUT2D eigenvalue weighted by Gasteiger charge is -2.08. The number of benzene rings is 2. The van der Waals surface area contributed by atoms with Gasteiger partial charge in [-0.15, -0.1) is 0 Å². The molecule has 2 aromatic carbocycles. The summed E-state index contributed by atoms with van der Waals surface area (Å²) >= 11 is 7.25. The summed E-state index contributed by atoms with van der Waals surface area (Å²) in [4.78, 5) is 17.4. The minimum absolute atomic E-state index is 0.0591. The van der Waals surface area contributed by atoms with Crippen molar-refractivity contribution in [2.24, 2.45) is 7.05 Å². The van der Waals surface area contributed by atoms with Crippen molar-refractivity contribution < 1.29 is 13.2 Å². The average Bonchev–Trinajstić information content (AvgIpc) is 3.01. The minimum atomic E-state index is -3.73. The normalized spacial score (nSPS) is 11.3. The van der Waals surface area contributed by atoms with Crippen LogP contribution in [-0.4, -0.2) is 29.6 Å². The molecule has 0 fully saturated rings. The number of aryl methyl sites for hydroxylation is 1. The number of anilines is 1. The average molecular weight is 422 g/mol. The van der Waals surface area contributed by atoms with Gasteiger partial charge >= 0.3 is 0 Å². The zero-order valence-electron chi connectivity index (χ0n) is 14.3. The van der Waals surface area contributed by atoms with Crippen molar-refractivity contribution in [2.75, 3.05) is 11.1 Å². The molecule has 0 unspecified atom stereocenters. The number of halogens is 1. The molecule has 6 nitrogen and oxygen atoms in total. The van der Waals surface area contributed by atoms with Crippen molar-refractivity contribution in [3.8, 4) is 0 Å². The number of sulfone groups is 1. The molecular weight excluding hydrogens is 406 g/mol. The fraction of sp³-hybridized carbons (Fsp3) is 0.111. The lowest BCUT2D eigenvalue weighted by Crippen LogP contribution is -2.23. The van der Waals surface area contributed by atoms with Crippen LogP contribution >= 0.6 is 23.4 Å². The number of carbonyl (C=O) groups is 1. The number of amides is 1. The molecule has 0 aliphatic heterocycles. The van der Waals surface area contributed by atoms with E-state index in [0.29, 0.717) is 10.7 Å². The molecule has 0 bridgehead atoms. The van der Waals surface area contributed by atoms with Crippen LogP contribution in [0.25, 0.3) is 0 Å². The number of hydrogen-bond acceptors (Lipinski definition) is 5. The highest BCUT2D eigenvalue weighted by atomic mass is 35.5. The van der Waals surface area contributed by atoms with Gasteiger partial charge in [0.05, 0.1) is 4.90 Å². The number of carbonyl (C=O) groups excluding carboxylic acids is 1. The second kappa shape index (κ2) is 8.16. The van der Waals surface area contributed by atoms with Crippen LogP contribution in [0.2, 0.25) is 5.02 Å². The van der Waals surface area contributed by atoms with Crippen molar-refractivity contribution >= 4 is 44.8 Å². The minimum Gasteiger partial charge on any atom is -0.329 e. The summed E-state index contributed by atoms with van der Waals surface area (Å²) < 4.78 is 26.5. The van der Waals surface area contributed by atoms with E-state index < -0.39 is 21.5 Å². The Morgan fingerprint density at radius 3 is 2.41 bits per heavy atom. The standard InChI is InChI=1S/C18H16ClN3O3S2/c1-22-11-10-20-18(22)26-15-6-4-14(5-7-15)21-17(23)12-27(24,25)16-8-2-13(19)3-9-16/h2-11H,12H2,1H3,(H,21,23). The first-order chi connectivity index (χ1) is 12.8. The molecule has 3 aromatic rings. The highest BCUT2D eigenvalue weighted by molar-refractivity contribution is 7.99. The van der Waals surface area contributed by atoms with E-state index in [2.05, 4.69) is 10.3 Å². The quantitative estimate of drug-likeness (QED) is 0.657. The molecule has 0 spiro atoms.